The number of unbranched alkanes of at least 4 members (excludes halogenated alkanes) is 29. The molecule has 0 spiro atoms. The number of carbonyl (C=O) groups is 1. The summed E-state index contributed by atoms with van der Waals surface area (Å²) in [5, 5.41) is 33.3. The van der Waals surface area contributed by atoms with E-state index >= 15 is 0 Å². The van der Waals surface area contributed by atoms with E-state index in [0.717, 1.165) is 25.7 Å². The van der Waals surface area contributed by atoms with Crippen LogP contribution >= 0.6 is 0 Å². The van der Waals surface area contributed by atoms with Crippen molar-refractivity contribution in [2.24, 2.45) is 0 Å². The first-order valence-electron chi connectivity index (χ1n) is 20.8. The predicted molar refractivity (Wildman–Crippen MR) is 199 cm³/mol. The van der Waals surface area contributed by atoms with Crippen LogP contribution < -0.4 is 5.32 Å². The van der Waals surface area contributed by atoms with Crippen molar-refractivity contribution < 1.29 is 20.1 Å². The Labute approximate surface area is 287 Å². The monoisotopic (exact) mass is 654 g/mol. The van der Waals surface area contributed by atoms with Crippen LogP contribution in [0, 0.1) is 0 Å². The van der Waals surface area contributed by atoms with Crippen LogP contribution in [0.2, 0.25) is 0 Å². The van der Waals surface area contributed by atoms with E-state index in [0.29, 0.717) is 12.8 Å². The van der Waals surface area contributed by atoms with Gasteiger partial charge in [-0.25, -0.2) is 0 Å². The van der Waals surface area contributed by atoms with Crippen LogP contribution in [0.5, 0.6) is 0 Å². The molecule has 0 aliphatic carbocycles. The maximum absolute atomic E-state index is 12.4. The summed E-state index contributed by atoms with van der Waals surface area (Å²) in [6.45, 7) is 4.27. The molecule has 0 aliphatic rings. The van der Waals surface area contributed by atoms with Crippen LogP contribution in [0.25, 0.3) is 0 Å². The Bertz CT molecular complexity index is 601. The molecule has 0 saturated heterocycles. The lowest BCUT2D eigenvalue weighted by molar-refractivity contribution is -0.125. The van der Waals surface area contributed by atoms with E-state index in [9.17, 15) is 20.1 Å². The average Bonchev–Trinajstić information content (AvgIpc) is 3.05. The Morgan fingerprint density at radius 2 is 0.739 bits per heavy atom. The molecule has 0 radical (unpaired) electrons. The molecule has 3 unspecified atom stereocenters. The van der Waals surface area contributed by atoms with Crippen LogP contribution in [-0.4, -0.2) is 46.1 Å². The van der Waals surface area contributed by atoms with Gasteiger partial charge in [-0.2, -0.15) is 0 Å². The zero-order valence-corrected chi connectivity index (χ0v) is 31.2. The third-order valence-electron chi connectivity index (χ3n) is 9.92. The summed E-state index contributed by atoms with van der Waals surface area (Å²) < 4.78 is 0. The van der Waals surface area contributed by atoms with Gasteiger partial charge in [-0.05, 0) is 12.8 Å². The molecule has 0 fully saturated rings. The highest BCUT2D eigenvalue weighted by Crippen LogP contribution is 2.17. The van der Waals surface area contributed by atoms with Crippen molar-refractivity contribution >= 4 is 5.91 Å². The number of hydrogen-bond donors (Lipinski definition) is 4. The van der Waals surface area contributed by atoms with Crippen molar-refractivity contribution in [1.82, 2.24) is 5.32 Å². The first-order valence-corrected chi connectivity index (χ1v) is 20.8. The Balaban J connectivity index is 3.60. The van der Waals surface area contributed by atoms with E-state index in [-0.39, 0.29) is 18.9 Å². The maximum Gasteiger partial charge on any atom is 0.222 e. The number of rotatable bonds is 38. The standard InChI is InChI=1S/C41H83NO4/c1-3-5-7-9-11-13-15-17-19-21-23-25-27-29-31-33-35-40(45)39(37-43)42-41(46)36-38(44)34-32-30-28-26-24-22-20-18-16-14-12-10-8-6-4-2/h38-40,43-45H,3-37H2,1-2H3,(H,42,46). The molecule has 1 amide bonds. The van der Waals surface area contributed by atoms with Crippen molar-refractivity contribution in [2.75, 3.05) is 6.61 Å². The van der Waals surface area contributed by atoms with Gasteiger partial charge < -0.3 is 20.6 Å². The van der Waals surface area contributed by atoms with Crippen LogP contribution in [0.4, 0.5) is 0 Å². The zero-order chi connectivity index (χ0) is 33.8. The summed E-state index contributed by atoms with van der Waals surface area (Å²) >= 11 is 0. The molecule has 4 N–H and O–H groups in total. The lowest BCUT2D eigenvalue weighted by atomic mass is 10.0. The van der Waals surface area contributed by atoms with Crippen molar-refractivity contribution in [1.29, 1.82) is 0 Å². The smallest absolute Gasteiger partial charge is 0.222 e. The zero-order valence-electron chi connectivity index (χ0n) is 31.2. The van der Waals surface area contributed by atoms with Gasteiger partial charge in [-0.15, -0.1) is 0 Å². The van der Waals surface area contributed by atoms with E-state index in [1.807, 2.05) is 0 Å². The van der Waals surface area contributed by atoms with Crippen LogP contribution in [0.3, 0.4) is 0 Å². The molecule has 5 nitrogen and oxygen atoms in total. The molecule has 46 heavy (non-hydrogen) atoms. The number of aliphatic hydroxyl groups is 3. The second kappa shape index (κ2) is 37.2. The normalized spacial score (nSPS) is 13.6. The Kier molecular flexibility index (Phi) is 36.6. The van der Waals surface area contributed by atoms with E-state index in [2.05, 4.69) is 19.2 Å². The summed E-state index contributed by atoms with van der Waals surface area (Å²) in [6.07, 6.45) is 40.6. The van der Waals surface area contributed by atoms with E-state index in [1.54, 1.807) is 0 Å². The van der Waals surface area contributed by atoms with Crippen molar-refractivity contribution in [3.8, 4) is 0 Å². The minimum absolute atomic E-state index is 0.0425. The SMILES string of the molecule is CCCCCCCCCCCCCCCCCCC(O)C(CO)NC(=O)CC(O)CCCCCCCCCCCCCCCCC. The summed E-state index contributed by atoms with van der Waals surface area (Å²) in [6, 6.07) is -0.651. The number of nitrogens with one attached hydrogen (secondary N) is 1. The quantitative estimate of drug-likeness (QED) is 0.0499. The van der Waals surface area contributed by atoms with Gasteiger partial charge in [-0.3, -0.25) is 4.79 Å². The largest absolute Gasteiger partial charge is 0.394 e. The summed E-state index contributed by atoms with van der Waals surface area (Å²) in [5.41, 5.74) is 0. The molecule has 3 atom stereocenters. The van der Waals surface area contributed by atoms with Crippen molar-refractivity contribution in [3.05, 3.63) is 0 Å². The van der Waals surface area contributed by atoms with Gasteiger partial charge in [0.2, 0.25) is 5.91 Å². The maximum atomic E-state index is 12.4. The molecular formula is C41H83NO4. The highest BCUT2D eigenvalue weighted by atomic mass is 16.3. The molecule has 0 bridgehead atoms. The molecule has 0 heterocycles. The number of aliphatic hydroxyl groups excluding tert-OH is 3. The Morgan fingerprint density at radius 1 is 0.457 bits per heavy atom. The van der Waals surface area contributed by atoms with Gasteiger partial charge >= 0.3 is 0 Å². The number of amides is 1. The number of hydrogen-bond acceptors (Lipinski definition) is 4. The first kappa shape index (κ1) is 45.3. The lowest BCUT2D eigenvalue weighted by Crippen LogP contribution is -2.46. The molecular weight excluding hydrogens is 570 g/mol. The highest BCUT2D eigenvalue weighted by molar-refractivity contribution is 5.76. The summed E-state index contributed by atoms with van der Waals surface area (Å²) in [4.78, 5) is 12.4. The minimum atomic E-state index is -0.742. The molecule has 0 aromatic rings. The molecule has 0 rings (SSSR count). The predicted octanol–water partition coefficient (Wildman–Crippen LogP) is 11.5. The van der Waals surface area contributed by atoms with E-state index in [4.69, 9.17) is 0 Å². The van der Waals surface area contributed by atoms with Crippen molar-refractivity contribution in [3.63, 3.8) is 0 Å². The molecule has 0 aromatic heterocycles. The van der Waals surface area contributed by atoms with Crippen LogP contribution in [0.1, 0.15) is 232 Å². The first-order chi connectivity index (χ1) is 22.5. The Morgan fingerprint density at radius 3 is 1.04 bits per heavy atom. The topological polar surface area (TPSA) is 89.8 Å². The molecule has 0 saturated carbocycles. The fourth-order valence-electron chi connectivity index (χ4n) is 6.70. The highest BCUT2D eigenvalue weighted by Gasteiger charge is 2.21. The second-order valence-electron chi connectivity index (χ2n) is 14.6. The second-order valence-corrected chi connectivity index (χ2v) is 14.6. The molecule has 0 aromatic carbocycles. The number of carbonyl (C=O) groups excluding carboxylic acids is 1. The van der Waals surface area contributed by atoms with Gasteiger partial charge in [0.25, 0.3) is 0 Å². The average molecular weight is 654 g/mol. The fourth-order valence-corrected chi connectivity index (χ4v) is 6.70. The molecule has 5 heteroatoms. The van der Waals surface area contributed by atoms with Crippen molar-refractivity contribution in [2.45, 2.75) is 250 Å². The van der Waals surface area contributed by atoms with Gasteiger partial charge in [-0.1, -0.05) is 213 Å². The minimum Gasteiger partial charge on any atom is -0.394 e. The lowest BCUT2D eigenvalue weighted by Gasteiger charge is -2.23. The van der Waals surface area contributed by atoms with E-state index < -0.39 is 18.2 Å². The van der Waals surface area contributed by atoms with Gasteiger partial charge in [0.15, 0.2) is 0 Å². The summed E-state index contributed by atoms with van der Waals surface area (Å²) in [5.74, 6) is -0.279. The van der Waals surface area contributed by atoms with Gasteiger partial charge in [0, 0.05) is 0 Å². The van der Waals surface area contributed by atoms with Gasteiger partial charge in [0.1, 0.15) is 0 Å². The Hall–Kier alpha value is -0.650. The van der Waals surface area contributed by atoms with Crippen LogP contribution in [-0.2, 0) is 4.79 Å². The third kappa shape index (κ3) is 33.3. The molecule has 0 aliphatic heterocycles. The third-order valence-corrected chi connectivity index (χ3v) is 9.92. The van der Waals surface area contributed by atoms with Gasteiger partial charge in [0.05, 0.1) is 31.3 Å². The van der Waals surface area contributed by atoms with E-state index in [1.165, 1.54) is 173 Å². The molecule has 276 valence electrons. The summed E-state index contributed by atoms with van der Waals surface area (Å²) in [7, 11) is 0. The van der Waals surface area contributed by atoms with Crippen LogP contribution in [0.15, 0.2) is 0 Å². The fraction of sp³-hybridized carbons (Fsp3) is 0.976.